The molecule has 2 heterocycles. The molecule has 3 rings (SSSR count). The average molecular weight is 310 g/mol. The number of hydrogen-bond acceptors (Lipinski definition) is 5. The third-order valence-electron chi connectivity index (χ3n) is 3.28. The summed E-state index contributed by atoms with van der Waals surface area (Å²) in [6.45, 7) is 1.78. The van der Waals surface area contributed by atoms with Gasteiger partial charge >= 0.3 is 0 Å². The number of hydrogen-bond donors (Lipinski definition) is 2. The molecule has 0 bridgehead atoms. The number of nitrogens with zero attached hydrogens (tertiary/aromatic N) is 2. The van der Waals surface area contributed by atoms with Gasteiger partial charge in [0.25, 0.3) is 11.8 Å². The predicted molar refractivity (Wildman–Crippen MR) is 84.5 cm³/mol. The number of carbonyl (C=O) groups excluding carboxylic acids is 2. The number of hydrazone groups is 1. The molecule has 1 aromatic carbocycles. The van der Waals surface area contributed by atoms with Crippen LogP contribution in [0.2, 0.25) is 0 Å². The number of aromatic nitrogens is 1. The van der Waals surface area contributed by atoms with Crippen LogP contribution < -0.4 is 15.5 Å². The van der Waals surface area contributed by atoms with E-state index in [2.05, 4.69) is 20.8 Å². The second-order valence-corrected chi connectivity index (χ2v) is 4.93. The number of anilines is 1. The van der Waals surface area contributed by atoms with E-state index in [1.165, 1.54) is 6.20 Å². The number of pyridine rings is 1. The van der Waals surface area contributed by atoms with Crippen molar-refractivity contribution in [3.8, 4) is 5.75 Å². The van der Waals surface area contributed by atoms with Crippen LogP contribution in [0.4, 0.5) is 5.69 Å². The largest absolute Gasteiger partial charge is 0.482 e. The van der Waals surface area contributed by atoms with Crippen LogP contribution in [0.1, 0.15) is 22.8 Å². The molecule has 7 heteroatoms. The highest BCUT2D eigenvalue weighted by Crippen LogP contribution is 2.28. The summed E-state index contributed by atoms with van der Waals surface area (Å²) in [4.78, 5) is 27.2. The fourth-order valence-electron chi connectivity index (χ4n) is 2.07. The van der Waals surface area contributed by atoms with Crippen molar-refractivity contribution in [2.24, 2.45) is 5.10 Å². The summed E-state index contributed by atoms with van der Waals surface area (Å²) in [5, 5.41) is 6.81. The second-order valence-electron chi connectivity index (χ2n) is 4.93. The molecule has 0 saturated carbocycles. The number of benzene rings is 1. The molecule has 7 nitrogen and oxygen atoms in total. The highest BCUT2D eigenvalue weighted by Gasteiger charge is 2.16. The standard InChI is InChI=1S/C16H14N4O3/c1-10(19-20-16(22)12-3-2-6-17-8-12)11-4-5-14-13(7-11)18-15(21)9-23-14/h2-8H,9H2,1H3,(H,18,21)(H,20,22)/b19-10-. The number of nitrogens with one attached hydrogen (secondary N) is 2. The van der Waals surface area contributed by atoms with Crippen LogP contribution in [0.5, 0.6) is 5.75 Å². The van der Waals surface area contributed by atoms with E-state index in [0.29, 0.717) is 22.7 Å². The van der Waals surface area contributed by atoms with Crippen molar-refractivity contribution < 1.29 is 14.3 Å². The fourth-order valence-corrected chi connectivity index (χ4v) is 2.07. The van der Waals surface area contributed by atoms with E-state index in [1.807, 2.05) is 6.07 Å². The average Bonchev–Trinajstić information content (AvgIpc) is 2.59. The molecule has 2 N–H and O–H groups in total. The van der Waals surface area contributed by atoms with E-state index in [-0.39, 0.29) is 18.4 Å². The number of fused-ring (bicyclic) bond motifs is 1. The zero-order valence-electron chi connectivity index (χ0n) is 12.4. The van der Waals surface area contributed by atoms with Gasteiger partial charge in [0.1, 0.15) is 5.75 Å². The summed E-state index contributed by atoms with van der Waals surface area (Å²) in [6, 6.07) is 8.65. The quantitative estimate of drug-likeness (QED) is 0.665. The van der Waals surface area contributed by atoms with Gasteiger partial charge in [0, 0.05) is 12.4 Å². The van der Waals surface area contributed by atoms with Gasteiger partial charge < -0.3 is 10.1 Å². The number of rotatable bonds is 3. The van der Waals surface area contributed by atoms with Crippen molar-refractivity contribution in [2.75, 3.05) is 11.9 Å². The fraction of sp³-hybridized carbons (Fsp3) is 0.125. The van der Waals surface area contributed by atoms with E-state index < -0.39 is 0 Å². The van der Waals surface area contributed by atoms with E-state index in [1.54, 1.807) is 37.4 Å². The zero-order valence-corrected chi connectivity index (χ0v) is 12.4. The molecule has 116 valence electrons. The lowest BCUT2D eigenvalue weighted by atomic mass is 10.1. The molecular formula is C16H14N4O3. The summed E-state index contributed by atoms with van der Waals surface area (Å²) in [5.41, 5.74) is 4.86. The van der Waals surface area contributed by atoms with Gasteiger partial charge in [-0.15, -0.1) is 0 Å². The summed E-state index contributed by atoms with van der Waals surface area (Å²) in [7, 11) is 0. The van der Waals surface area contributed by atoms with Crippen LogP contribution >= 0.6 is 0 Å². The molecule has 2 aromatic rings. The molecule has 0 radical (unpaired) electrons. The van der Waals surface area contributed by atoms with Gasteiger partial charge in [-0.05, 0) is 42.8 Å². The Morgan fingerprint density at radius 3 is 3.00 bits per heavy atom. The topological polar surface area (TPSA) is 92.7 Å². The summed E-state index contributed by atoms with van der Waals surface area (Å²) >= 11 is 0. The molecule has 0 spiro atoms. The Balaban J connectivity index is 1.75. The Kier molecular flexibility index (Phi) is 4.01. The smallest absolute Gasteiger partial charge is 0.272 e. The Bertz CT molecular complexity index is 787. The third-order valence-corrected chi connectivity index (χ3v) is 3.28. The highest BCUT2D eigenvalue weighted by molar-refractivity contribution is 6.03. The van der Waals surface area contributed by atoms with E-state index in [9.17, 15) is 9.59 Å². The normalized spacial score (nSPS) is 13.6. The van der Waals surface area contributed by atoms with Gasteiger partial charge in [-0.25, -0.2) is 5.43 Å². The minimum Gasteiger partial charge on any atom is -0.482 e. The molecule has 2 amide bonds. The molecule has 0 aliphatic carbocycles. The number of carbonyl (C=O) groups is 2. The zero-order chi connectivity index (χ0) is 16.2. The lowest BCUT2D eigenvalue weighted by molar-refractivity contribution is -0.118. The SMILES string of the molecule is C/C(=N/NC(=O)c1cccnc1)c1ccc2c(c1)NC(=O)CO2. The monoisotopic (exact) mass is 310 g/mol. The van der Waals surface area contributed by atoms with Gasteiger partial charge in [-0.1, -0.05) is 0 Å². The van der Waals surface area contributed by atoms with E-state index in [0.717, 1.165) is 5.56 Å². The van der Waals surface area contributed by atoms with E-state index >= 15 is 0 Å². The van der Waals surface area contributed by atoms with Crippen molar-refractivity contribution in [2.45, 2.75) is 6.92 Å². The maximum atomic E-state index is 11.9. The van der Waals surface area contributed by atoms with Crippen molar-refractivity contribution in [3.05, 3.63) is 53.9 Å². The minimum atomic E-state index is -0.341. The van der Waals surface area contributed by atoms with Crippen molar-refractivity contribution >= 4 is 23.2 Å². The first kappa shape index (κ1) is 14.7. The summed E-state index contributed by atoms with van der Waals surface area (Å²) in [6.07, 6.45) is 3.06. The lowest BCUT2D eigenvalue weighted by Gasteiger charge is -2.18. The summed E-state index contributed by atoms with van der Waals surface area (Å²) in [5.74, 6) is 0.0710. The minimum absolute atomic E-state index is 0.0145. The van der Waals surface area contributed by atoms with Gasteiger partial charge in [0.05, 0.1) is 17.0 Å². The molecule has 1 aliphatic heterocycles. The van der Waals surface area contributed by atoms with Crippen molar-refractivity contribution in [1.82, 2.24) is 10.4 Å². The Morgan fingerprint density at radius 1 is 1.35 bits per heavy atom. The van der Waals surface area contributed by atoms with Gasteiger partial charge in [-0.3, -0.25) is 14.6 Å². The van der Waals surface area contributed by atoms with Gasteiger partial charge in [-0.2, -0.15) is 5.10 Å². The van der Waals surface area contributed by atoms with Crippen LogP contribution in [-0.4, -0.2) is 29.1 Å². The summed E-state index contributed by atoms with van der Waals surface area (Å²) < 4.78 is 5.30. The molecule has 0 saturated heterocycles. The molecule has 1 aliphatic rings. The van der Waals surface area contributed by atoms with E-state index in [4.69, 9.17) is 4.74 Å². The van der Waals surface area contributed by atoms with Gasteiger partial charge in [0.15, 0.2) is 6.61 Å². The van der Waals surface area contributed by atoms with Crippen LogP contribution in [0, 0.1) is 0 Å². The van der Waals surface area contributed by atoms with Crippen molar-refractivity contribution in [1.29, 1.82) is 0 Å². The Morgan fingerprint density at radius 2 is 2.22 bits per heavy atom. The van der Waals surface area contributed by atoms with Crippen LogP contribution in [0.3, 0.4) is 0 Å². The first-order valence-electron chi connectivity index (χ1n) is 6.95. The predicted octanol–water partition coefficient (Wildman–Crippen LogP) is 1.57. The Hall–Kier alpha value is -3.22. The van der Waals surface area contributed by atoms with Crippen LogP contribution in [-0.2, 0) is 4.79 Å². The van der Waals surface area contributed by atoms with Gasteiger partial charge in [0.2, 0.25) is 0 Å². The molecule has 0 fully saturated rings. The van der Waals surface area contributed by atoms with Crippen molar-refractivity contribution in [3.63, 3.8) is 0 Å². The molecule has 23 heavy (non-hydrogen) atoms. The first-order valence-corrected chi connectivity index (χ1v) is 6.95. The first-order chi connectivity index (χ1) is 11.1. The number of ether oxygens (including phenoxy) is 1. The highest BCUT2D eigenvalue weighted by atomic mass is 16.5. The molecule has 0 unspecified atom stereocenters. The van der Waals surface area contributed by atoms with Crippen LogP contribution in [0.25, 0.3) is 0 Å². The molecular weight excluding hydrogens is 296 g/mol. The number of amides is 2. The second kappa shape index (κ2) is 6.27. The third kappa shape index (κ3) is 3.34. The maximum absolute atomic E-state index is 11.9. The molecule has 1 aromatic heterocycles. The Labute approximate surface area is 132 Å². The maximum Gasteiger partial charge on any atom is 0.272 e. The molecule has 0 atom stereocenters. The van der Waals surface area contributed by atoms with Crippen LogP contribution in [0.15, 0.2) is 47.8 Å². The lowest BCUT2D eigenvalue weighted by Crippen LogP contribution is -2.25.